The number of aliphatic hydroxyl groups excluding tert-OH is 1. The molecule has 2 N–H and O–H groups in total. The van der Waals surface area contributed by atoms with E-state index in [2.05, 4.69) is 5.32 Å². The fourth-order valence-electron chi connectivity index (χ4n) is 3.99. The van der Waals surface area contributed by atoms with Gasteiger partial charge < -0.3 is 24.8 Å². The molecule has 0 radical (unpaired) electrons. The molecule has 1 aromatic carbocycles. The molecule has 0 atom stereocenters. The first-order chi connectivity index (χ1) is 15.8. The van der Waals surface area contributed by atoms with E-state index in [-0.39, 0.29) is 42.2 Å². The molecule has 0 aliphatic carbocycles. The maximum Gasteiger partial charge on any atom is 0.336 e. The van der Waals surface area contributed by atoms with E-state index in [0.29, 0.717) is 31.0 Å². The number of nitrogens with zero attached hydrogens (tertiary/aromatic N) is 2. The number of aliphatic hydroxyl groups is 1. The minimum atomic E-state index is -1.02. The van der Waals surface area contributed by atoms with Crippen molar-refractivity contribution < 1.29 is 29.1 Å². The van der Waals surface area contributed by atoms with Gasteiger partial charge in [-0.1, -0.05) is 18.2 Å². The number of nitrogens with one attached hydrogen (secondary N) is 1. The van der Waals surface area contributed by atoms with Crippen LogP contribution in [0.5, 0.6) is 0 Å². The number of carbonyl (C=O) groups is 2. The van der Waals surface area contributed by atoms with Crippen molar-refractivity contribution in [2.75, 3.05) is 39.5 Å². The highest BCUT2D eigenvalue weighted by atomic mass is 16.6. The van der Waals surface area contributed by atoms with Crippen molar-refractivity contribution in [1.29, 1.82) is 0 Å². The zero-order valence-corrected chi connectivity index (χ0v) is 19.4. The SMILES string of the molecule is CCOC(=O)C1=C(C)N(CCNCCO)C(C)=C(C(=O)OCC)C1c1ccccc1[N+](=O)[O-]. The second-order valence-electron chi connectivity index (χ2n) is 7.31. The van der Waals surface area contributed by atoms with Gasteiger partial charge in [-0.2, -0.15) is 0 Å². The Morgan fingerprint density at radius 1 is 1.06 bits per heavy atom. The van der Waals surface area contributed by atoms with E-state index in [1.165, 1.54) is 12.1 Å². The van der Waals surface area contributed by atoms with E-state index in [0.717, 1.165) is 0 Å². The molecule has 1 aliphatic rings. The number of carbonyl (C=O) groups excluding carboxylic acids is 2. The van der Waals surface area contributed by atoms with E-state index < -0.39 is 22.8 Å². The van der Waals surface area contributed by atoms with Gasteiger partial charge in [0, 0.05) is 42.7 Å². The van der Waals surface area contributed by atoms with Crippen molar-refractivity contribution in [2.45, 2.75) is 33.6 Å². The fraction of sp³-hybridized carbons (Fsp3) is 0.478. The first-order valence-electron chi connectivity index (χ1n) is 10.9. The van der Waals surface area contributed by atoms with E-state index in [1.807, 2.05) is 0 Å². The Balaban J connectivity index is 2.76. The molecule has 33 heavy (non-hydrogen) atoms. The number of para-hydroxylation sites is 1. The summed E-state index contributed by atoms with van der Waals surface area (Å²) in [6.45, 7) is 8.24. The lowest BCUT2D eigenvalue weighted by Gasteiger charge is -2.37. The van der Waals surface area contributed by atoms with Crippen molar-refractivity contribution >= 4 is 17.6 Å². The Hall–Kier alpha value is -3.24. The number of nitro groups is 1. The Labute approximate surface area is 193 Å². The minimum Gasteiger partial charge on any atom is -0.463 e. The predicted molar refractivity (Wildman–Crippen MR) is 121 cm³/mol. The normalized spacial score (nSPS) is 14.5. The van der Waals surface area contributed by atoms with Gasteiger partial charge in [0.2, 0.25) is 0 Å². The van der Waals surface area contributed by atoms with Gasteiger partial charge in [-0.15, -0.1) is 0 Å². The lowest BCUT2D eigenvalue weighted by molar-refractivity contribution is -0.385. The van der Waals surface area contributed by atoms with E-state index in [1.54, 1.807) is 44.7 Å². The summed E-state index contributed by atoms with van der Waals surface area (Å²) in [6, 6.07) is 6.05. The molecule has 1 heterocycles. The van der Waals surface area contributed by atoms with Gasteiger partial charge in [0.15, 0.2) is 0 Å². The van der Waals surface area contributed by atoms with Crippen LogP contribution >= 0.6 is 0 Å². The molecule has 1 aromatic rings. The third-order valence-corrected chi connectivity index (χ3v) is 5.40. The molecule has 1 aliphatic heterocycles. The van der Waals surface area contributed by atoms with Gasteiger partial charge in [0.05, 0.1) is 41.8 Å². The summed E-state index contributed by atoms with van der Waals surface area (Å²) in [7, 11) is 0. The van der Waals surface area contributed by atoms with E-state index in [9.17, 15) is 19.7 Å². The number of rotatable bonds is 11. The summed E-state index contributed by atoms with van der Waals surface area (Å²) in [5.41, 5.74) is 1.39. The van der Waals surface area contributed by atoms with E-state index >= 15 is 0 Å². The summed E-state index contributed by atoms with van der Waals surface area (Å²) in [5, 5.41) is 23.9. The molecule has 0 aromatic heterocycles. The average molecular weight is 462 g/mol. The number of allylic oxidation sites excluding steroid dienone is 2. The molecule has 2 rings (SSSR count). The van der Waals surface area contributed by atoms with Crippen LogP contribution in [0.3, 0.4) is 0 Å². The number of hydrogen-bond acceptors (Lipinski definition) is 9. The minimum absolute atomic E-state index is 0.0223. The molecule has 0 unspecified atom stereocenters. The van der Waals surface area contributed by atoms with Crippen LogP contribution in [-0.4, -0.2) is 66.3 Å². The van der Waals surface area contributed by atoms with Crippen molar-refractivity contribution in [1.82, 2.24) is 10.2 Å². The van der Waals surface area contributed by atoms with Crippen LogP contribution in [0.4, 0.5) is 5.69 Å². The largest absolute Gasteiger partial charge is 0.463 e. The van der Waals surface area contributed by atoms with E-state index in [4.69, 9.17) is 14.6 Å². The zero-order chi connectivity index (χ0) is 24.5. The highest BCUT2D eigenvalue weighted by Crippen LogP contribution is 2.45. The van der Waals surface area contributed by atoms with Gasteiger partial charge in [0.25, 0.3) is 5.69 Å². The average Bonchev–Trinajstić information content (AvgIpc) is 2.78. The molecule has 10 nitrogen and oxygen atoms in total. The second kappa shape index (κ2) is 12.1. The lowest BCUT2D eigenvalue weighted by Crippen LogP contribution is -2.39. The molecule has 0 saturated carbocycles. The number of ether oxygens (including phenoxy) is 2. The molecular weight excluding hydrogens is 430 g/mol. The van der Waals surface area contributed by atoms with Gasteiger partial charge in [0.1, 0.15) is 0 Å². The molecule has 0 amide bonds. The Bertz CT molecular complexity index is 913. The van der Waals surface area contributed by atoms with Crippen LogP contribution in [0.15, 0.2) is 46.8 Å². The maximum absolute atomic E-state index is 13.1. The standard InChI is InChI=1S/C23H31N3O7/c1-5-32-22(28)19-15(3)25(13-11-24-12-14-27)16(4)20(23(29)33-6-2)21(19)17-9-7-8-10-18(17)26(30)31/h7-10,21,24,27H,5-6,11-14H2,1-4H3. The summed E-state index contributed by atoms with van der Waals surface area (Å²) in [6.07, 6.45) is 0. The van der Waals surface area contributed by atoms with Crippen LogP contribution in [0.1, 0.15) is 39.2 Å². The smallest absolute Gasteiger partial charge is 0.336 e. The van der Waals surface area contributed by atoms with Gasteiger partial charge in [-0.05, 0) is 27.7 Å². The molecule has 0 saturated heterocycles. The lowest BCUT2D eigenvalue weighted by atomic mass is 9.79. The summed E-state index contributed by atoms with van der Waals surface area (Å²) in [4.78, 5) is 39.3. The first kappa shape index (κ1) is 26.0. The molecule has 0 fully saturated rings. The number of esters is 2. The Morgan fingerprint density at radius 3 is 2.09 bits per heavy atom. The van der Waals surface area contributed by atoms with Gasteiger partial charge in [-0.3, -0.25) is 10.1 Å². The summed E-state index contributed by atoms with van der Waals surface area (Å²) < 4.78 is 10.6. The van der Waals surface area contributed by atoms with Crippen molar-refractivity contribution in [3.05, 3.63) is 62.5 Å². The third-order valence-electron chi connectivity index (χ3n) is 5.40. The highest BCUT2D eigenvalue weighted by molar-refractivity contribution is 6.00. The van der Waals surface area contributed by atoms with Crippen LogP contribution in [-0.2, 0) is 19.1 Å². The molecule has 10 heteroatoms. The maximum atomic E-state index is 13.1. The second-order valence-corrected chi connectivity index (χ2v) is 7.31. The first-order valence-corrected chi connectivity index (χ1v) is 10.9. The summed E-state index contributed by atoms with van der Waals surface area (Å²) in [5.74, 6) is -2.33. The quantitative estimate of drug-likeness (QED) is 0.220. The molecular formula is C23H31N3O7. The third kappa shape index (κ3) is 5.77. The number of benzene rings is 1. The van der Waals surface area contributed by atoms with Crippen LogP contribution in [0, 0.1) is 10.1 Å². The molecule has 0 spiro atoms. The van der Waals surface area contributed by atoms with Crippen molar-refractivity contribution in [2.24, 2.45) is 0 Å². The zero-order valence-electron chi connectivity index (χ0n) is 19.4. The van der Waals surface area contributed by atoms with Crippen LogP contribution in [0.2, 0.25) is 0 Å². The number of nitro benzene ring substituents is 1. The van der Waals surface area contributed by atoms with Crippen molar-refractivity contribution in [3.8, 4) is 0 Å². The molecule has 180 valence electrons. The topological polar surface area (TPSA) is 131 Å². The van der Waals surface area contributed by atoms with Crippen molar-refractivity contribution in [3.63, 3.8) is 0 Å². The molecule has 0 bridgehead atoms. The number of hydrogen-bond donors (Lipinski definition) is 2. The monoisotopic (exact) mass is 461 g/mol. The van der Waals surface area contributed by atoms with Crippen LogP contribution < -0.4 is 5.32 Å². The Kier molecular flexibility index (Phi) is 9.56. The highest BCUT2D eigenvalue weighted by Gasteiger charge is 2.42. The van der Waals surface area contributed by atoms with Gasteiger partial charge >= 0.3 is 11.9 Å². The summed E-state index contributed by atoms with van der Waals surface area (Å²) >= 11 is 0. The van der Waals surface area contributed by atoms with Gasteiger partial charge in [-0.25, -0.2) is 9.59 Å². The fourth-order valence-corrected chi connectivity index (χ4v) is 3.99. The van der Waals surface area contributed by atoms with Crippen LogP contribution in [0.25, 0.3) is 0 Å². The Morgan fingerprint density at radius 2 is 1.61 bits per heavy atom. The predicted octanol–water partition coefficient (Wildman–Crippen LogP) is 2.25.